The van der Waals surface area contributed by atoms with E-state index in [1.807, 2.05) is 45.0 Å². The van der Waals surface area contributed by atoms with Crippen LogP contribution in [0.5, 0.6) is 0 Å². The van der Waals surface area contributed by atoms with Crippen LogP contribution < -0.4 is 5.32 Å². The van der Waals surface area contributed by atoms with Crippen LogP contribution >= 0.6 is 0 Å². The minimum absolute atomic E-state index is 0.249. The Balaban J connectivity index is 1.35. The summed E-state index contributed by atoms with van der Waals surface area (Å²) in [5, 5.41) is 3.29. The fraction of sp³-hybridized carbons (Fsp3) is 0.619. The standard InChI is InChI=1S/C21H33N3O5/c1-21(2,3)29-20(25)8-10-26-12-14-28-15-13-27-11-9-22-16-19-23-17-6-4-5-7-18(17)24-19/h4-7,22H,8-16H2,1-3H3,(H,23,24). The van der Waals surface area contributed by atoms with E-state index in [2.05, 4.69) is 15.3 Å². The summed E-state index contributed by atoms with van der Waals surface area (Å²) in [6.07, 6.45) is 0.251. The van der Waals surface area contributed by atoms with Crippen molar-refractivity contribution in [2.24, 2.45) is 0 Å². The van der Waals surface area contributed by atoms with Crippen molar-refractivity contribution in [1.29, 1.82) is 0 Å². The topological polar surface area (TPSA) is 94.7 Å². The van der Waals surface area contributed by atoms with Gasteiger partial charge in [0.05, 0.1) is 63.6 Å². The fourth-order valence-electron chi connectivity index (χ4n) is 2.53. The van der Waals surface area contributed by atoms with E-state index in [1.54, 1.807) is 0 Å². The highest BCUT2D eigenvalue weighted by Crippen LogP contribution is 2.10. The molecule has 0 amide bonds. The van der Waals surface area contributed by atoms with Gasteiger partial charge in [-0.1, -0.05) is 12.1 Å². The molecule has 0 radical (unpaired) electrons. The lowest BCUT2D eigenvalue weighted by Crippen LogP contribution is -2.24. The van der Waals surface area contributed by atoms with Gasteiger partial charge < -0.3 is 29.2 Å². The average molecular weight is 408 g/mol. The number of rotatable bonds is 14. The van der Waals surface area contributed by atoms with Crippen LogP contribution in [-0.4, -0.2) is 67.7 Å². The molecule has 0 atom stereocenters. The van der Waals surface area contributed by atoms with Crippen LogP contribution in [0.4, 0.5) is 0 Å². The Morgan fingerprint density at radius 3 is 2.34 bits per heavy atom. The molecule has 0 aliphatic heterocycles. The van der Waals surface area contributed by atoms with Crippen LogP contribution in [0.25, 0.3) is 11.0 Å². The third kappa shape index (κ3) is 10.4. The maximum atomic E-state index is 11.5. The predicted molar refractivity (Wildman–Crippen MR) is 111 cm³/mol. The summed E-state index contributed by atoms with van der Waals surface area (Å²) >= 11 is 0. The van der Waals surface area contributed by atoms with Gasteiger partial charge in [-0.3, -0.25) is 4.79 Å². The SMILES string of the molecule is CC(C)(C)OC(=O)CCOCCOCCOCCNCc1nc2ccccc2[nH]1. The van der Waals surface area contributed by atoms with Crippen molar-refractivity contribution in [3.05, 3.63) is 30.1 Å². The number of ether oxygens (including phenoxy) is 4. The molecule has 0 unspecified atom stereocenters. The van der Waals surface area contributed by atoms with E-state index in [4.69, 9.17) is 18.9 Å². The molecule has 0 aliphatic carbocycles. The van der Waals surface area contributed by atoms with Crippen molar-refractivity contribution in [1.82, 2.24) is 15.3 Å². The van der Waals surface area contributed by atoms with Crippen molar-refractivity contribution in [3.63, 3.8) is 0 Å². The van der Waals surface area contributed by atoms with Crippen molar-refractivity contribution in [2.75, 3.05) is 46.2 Å². The monoisotopic (exact) mass is 407 g/mol. The van der Waals surface area contributed by atoms with Crippen LogP contribution in [0.2, 0.25) is 0 Å². The first kappa shape index (κ1) is 23.3. The third-order valence-corrected chi connectivity index (χ3v) is 3.77. The van der Waals surface area contributed by atoms with Gasteiger partial charge in [-0.25, -0.2) is 4.98 Å². The van der Waals surface area contributed by atoms with Crippen LogP contribution in [0.3, 0.4) is 0 Å². The smallest absolute Gasteiger partial charge is 0.308 e. The quantitative estimate of drug-likeness (QED) is 0.367. The van der Waals surface area contributed by atoms with Gasteiger partial charge >= 0.3 is 5.97 Å². The zero-order chi connectivity index (χ0) is 21.0. The van der Waals surface area contributed by atoms with Gasteiger partial charge in [0.15, 0.2) is 0 Å². The summed E-state index contributed by atoms with van der Waals surface area (Å²) in [6, 6.07) is 7.97. The van der Waals surface area contributed by atoms with Crippen LogP contribution in [0.15, 0.2) is 24.3 Å². The van der Waals surface area contributed by atoms with Crippen molar-refractivity contribution >= 4 is 17.0 Å². The first-order valence-corrected chi connectivity index (χ1v) is 10.0. The summed E-state index contributed by atoms with van der Waals surface area (Å²) in [4.78, 5) is 19.3. The van der Waals surface area contributed by atoms with Gasteiger partial charge in [0, 0.05) is 6.54 Å². The highest BCUT2D eigenvalue weighted by molar-refractivity contribution is 5.74. The van der Waals surface area contributed by atoms with Crippen LogP contribution in [0.1, 0.15) is 33.0 Å². The molecule has 2 aromatic rings. The number of H-pyrrole nitrogens is 1. The molecule has 0 saturated heterocycles. The molecule has 8 heteroatoms. The number of fused-ring (bicyclic) bond motifs is 1. The van der Waals surface area contributed by atoms with E-state index in [0.717, 1.165) is 23.4 Å². The van der Waals surface area contributed by atoms with Crippen molar-refractivity contribution in [3.8, 4) is 0 Å². The lowest BCUT2D eigenvalue weighted by atomic mass is 10.2. The number of benzene rings is 1. The number of aromatic nitrogens is 2. The van der Waals surface area contributed by atoms with E-state index < -0.39 is 5.60 Å². The second kappa shape index (κ2) is 12.5. The number of nitrogens with one attached hydrogen (secondary N) is 2. The zero-order valence-corrected chi connectivity index (χ0v) is 17.7. The predicted octanol–water partition coefficient (Wildman–Crippen LogP) is 2.43. The zero-order valence-electron chi connectivity index (χ0n) is 17.7. The van der Waals surface area contributed by atoms with Gasteiger partial charge in [-0.15, -0.1) is 0 Å². The Morgan fingerprint density at radius 1 is 1.00 bits per heavy atom. The van der Waals surface area contributed by atoms with Gasteiger partial charge in [0.25, 0.3) is 0 Å². The molecule has 8 nitrogen and oxygen atoms in total. The number of imidazole rings is 1. The molecule has 1 aromatic carbocycles. The van der Waals surface area contributed by atoms with Gasteiger partial charge in [0.1, 0.15) is 11.4 Å². The highest BCUT2D eigenvalue weighted by Gasteiger charge is 2.15. The van der Waals surface area contributed by atoms with Gasteiger partial charge in [-0.05, 0) is 32.9 Å². The summed E-state index contributed by atoms with van der Waals surface area (Å²) in [5.41, 5.74) is 1.57. The molecule has 29 heavy (non-hydrogen) atoms. The van der Waals surface area contributed by atoms with E-state index in [9.17, 15) is 4.79 Å². The Morgan fingerprint density at radius 2 is 1.66 bits per heavy atom. The minimum atomic E-state index is -0.455. The maximum absolute atomic E-state index is 11.5. The maximum Gasteiger partial charge on any atom is 0.308 e. The molecule has 0 aliphatic rings. The highest BCUT2D eigenvalue weighted by atomic mass is 16.6. The van der Waals surface area contributed by atoms with Crippen LogP contribution in [0, 0.1) is 0 Å². The van der Waals surface area contributed by atoms with Crippen molar-refractivity contribution < 1.29 is 23.7 Å². The molecule has 0 bridgehead atoms. The number of carbonyl (C=O) groups is 1. The molecule has 0 spiro atoms. The summed E-state index contributed by atoms with van der Waals surface area (Å²) < 4.78 is 21.5. The van der Waals surface area contributed by atoms with Crippen molar-refractivity contribution in [2.45, 2.75) is 39.3 Å². The Labute approximate surface area is 172 Å². The third-order valence-electron chi connectivity index (χ3n) is 3.77. The molecule has 1 aromatic heterocycles. The normalized spacial score (nSPS) is 11.8. The van der Waals surface area contributed by atoms with E-state index in [-0.39, 0.29) is 12.4 Å². The Hall–Kier alpha value is -2.00. The first-order chi connectivity index (χ1) is 13.9. The molecule has 0 fully saturated rings. The number of para-hydroxylation sites is 2. The number of esters is 1. The summed E-state index contributed by atoms with van der Waals surface area (Å²) in [6.45, 7) is 9.87. The molecular weight excluding hydrogens is 374 g/mol. The number of aromatic amines is 1. The average Bonchev–Trinajstić information content (AvgIpc) is 3.07. The minimum Gasteiger partial charge on any atom is -0.460 e. The Kier molecular flexibility index (Phi) is 10.1. The van der Waals surface area contributed by atoms with Gasteiger partial charge in [-0.2, -0.15) is 0 Å². The first-order valence-electron chi connectivity index (χ1n) is 10.0. The second-order valence-corrected chi connectivity index (χ2v) is 7.55. The molecule has 162 valence electrons. The molecule has 1 heterocycles. The largest absolute Gasteiger partial charge is 0.460 e. The van der Waals surface area contributed by atoms with E-state index in [1.165, 1.54) is 0 Å². The molecule has 2 N–H and O–H groups in total. The van der Waals surface area contributed by atoms with E-state index >= 15 is 0 Å². The number of nitrogens with zero attached hydrogens (tertiary/aromatic N) is 1. The number of hydrogen-bond acceptors (Lipinski definition) is 7. The molecule has 0 saturated carbocycles. The van der Waals surface area contributed by atoms with Crippen LogP contribution in [-0.2, 0) is 30.3 Å². The molecular formula is C21H33N3O5. The van der Waals surface area contributed by atoms with E-state index in [0.29, 0.717) is 46.2 Å². The lowest BCUT2D eigenvalue weighted by Gasteiger charge is -2.19. The Bertz CT molecular complexity index is 693. The molecule has 2 rings (SSSR count). The second-order valence-electron chi connectivity index (χ2n) is 7.55. The summed E-state index contributed by atoms with van der Waals surface area (Å²) in [5.74, 6) is 0.668. The fourth-order valence-corrected chi connectivity index (χ4v) is 2.53. The number of carbonyl (C=O) groups excluding carboxylic acids is 1. The lowest BCUT2D eigenvalue weighted by molar-refractivity contribution is -0.156. The number of hydrogen-bond donors (Lipinski definition) is 2. The van der Waals surface area contributed by atoms with Gasteiger partial charge in [0.2, 0.25) is 0 Å². The summed E-state index contributed by atoms with van der Waals surface area (Å²) in [7, 11) is 0.